The maximum atomic E-state index is 8.89. The maximum Gasteiger partial charge on any atom is 2.00 e. The van der Waals surface area contributed by atoms with Gasteiger partial charge in [-0.25, -0.2) is 0 Å². The molecule has 11 heavy (non-hydrogen) atoms. The van der Waals surface area contributed by atoms with Gasteiger partial charge in [0.25, 0.3) is 0 Å². The van der Waals surface area contributed by atoms with Crippen molar-refractivity contribution in [1.82, 2.24) is 0 Å². The molecule has 0 aliphatic rings. The largest absolute Gasteiger partial charge is 2.00 e. The summed E-state index contributed by atoms with van der Waals surface area (Å²) in [5.41, 5.74) is 0. The van der Waals surface area contributed by atoms with Gasteiger partial charge in [-0.05, 0) is 0 Å². The minimum absolute atomic E-state index is 0. The number of rotatable bonds is 2. The molecule has 0 heterocycles. The van der Waals surface area contributed by atoms with E-state index in [0.29, 0.717) is 0 Å². The van der Waals surface area contributed by atoms with Crippen molar-refractivity contribution in [3.63, 3.8) is 0 Å². The molecule has 7 heteroatoms. The zero-order valence-corrected chi connectivity index (χ0v) is 5.85. The summed E-state index contributed by atoms with van der Waals surface area (Å²) in [4.78, 5) is 35.5. The number of hydrogen-bond donors (Lipinski definition) is 0. The first kappa shape index (κ1) is 16.4. The van der Waals surface area contributed by atoms with Crippen LogP contribution in [0.1, 0.15) is 0 Å². The Balaban J connectivity index is -0.000000107. The van der Waals surface area contributed by atoms with Crippen LogP contribution in [-0.2, 0) is 36.2 Å². The fourth-order valence-corrected chi connectivity index (χ4v) is 0. The summed E-state index contributed by atoms with van der Waals surface area (Å²) in [6.07, 6.45) is -0.556. The quantitative estimate of drug-likeness (QED) is 0.259. The molecule has 0 atom stereocenters. The molecule has 65 valence electrons. The minimum Gasteiger partial charge on any atom is -0.542 e. The summed E-state index contributed by atoms with van der Waals surface area (Å²) in [5.74, 6) is -3.35. The molecule has 0 amide bonds. The van der Waals surface area contributed by atoms with Gasteiger partial charge in [-0.3, -0.25) is 9.59 Å². The van der Waals surface area contributed by atoms with Crippen molar-refractivity contribution in [2.45, 2.75) is 0 Å². The van der Waals surface area contributed by atoms with E-state index in [4.69, 9.17) is 29.4 Å². The van der Waals surface area contributed by atoms with Gasteiger partial charge in [0.15, 0.2) is 12.6 Å². The van der Waals surface area contributed by atoms with Crippen molar-refractivity contribution in [2.24, 2.45) is 0 Å². The van der Waals surface area contributed by atoms with Gasteiger partial charge >= 0.3 is 17.1 Å². The third-order valence-corrected chi connectivity index (χ3v) is 0.192. The van der Waals surface area contributed by atoms with E-state index in [1.165, 1.54) is 0 Å². The van der Waals surface area contributed by atoms with Crippen molar-refractivity contribution < 1.29 is 46.5 Å². The van der Waals surface area contributed by atoms with Crippen LogP contribution in [-0.4, -0.2) is 24.5 Å². The van der Waals surface area contributed by atoms with Gasteiger partial charge in [0.05, 0.1) is 0 Å². The molecule has 0 aromatic rings. The Morgan fingerprint density at radius 1 is 0.909 bits per heavy atom. The van der Waals surface area contributed by atoms with E-state index in [2.05, 4.69) is 0 Å². The fraction of sp³-hybridized carbons (Fsp3) is 0. The van der Waals surface area contributed by atoms with Crippen LogP contribution in [0.2, 0.25) is 0 Å². The summed E-state index contributed by atoms with van der Waals surface area (Å²) >= 11 is 0. The molecule has 0 aromatic carbocycles. The molecule has 0 aliphatic heterocycles. The Bertz CT molecular complexity index is 135. The van der Waals surface area contributed by atoms with Crippen molar-refractivity contribution >= 4 is 24.5 Å². The molecule has 0 fully saturated rings. The zero-order chi connectivity index (χ0) is 8.57. The molecule has 0 saturated carbocycles. The van der Waals surface area contributed by atoms with Gasteiger partial charge in [-0.2, -0.15) is 0 Å². The second-order valence-electron chi connectivity index (χ2n) is 0.874. The monoisotopic (exact) mass is 209 g/mol. The summed E-state index contributed by atoms with van der Waals surface area (Å²) in [6, 6.07) is 0. The van der Waals surface area contributed by atoms with Gasteiger partial charge in [0, 0.05) is 0 Å². The molecule has 0 aliphatic carbocycles. The van der Waals surface area contributed by atoms with Crippen LogP contribution in [0, 0.1) is 0 Å². The van der Waals surface area contributed by atoms with Crippen LogP contribution in [0.3, 0.4) is 0 Å². The number of hydrogen-bond acceptors (Lipinski definition) is 6. The molecular weight excluding hydrogens is 208 g/mol. The fourth-order valence-electron chi connectivity index (χ4n) is 0. The molecule has 0 aromatic heterocycles. The number of carbonyl (C=O) groups is 4. The zero-order valence-electron chi connectivity index (χ0n) is 4.91. The van der Waals surface area contributed by atoms with Crippen LogP contribution in [0.15, 0.2) is 0 Å². The van der Waals surface area contributed by atoms with E-state index in [1.807, 2.05) is 0 Å². The molecule has 1 radical (unpaired) electrons. The van der Waals surface area contributed by atoms with Crippen molar-refractivity contribution in [1.29, 1.82) is 0 Å². The van der Waals surface area contributed by atoms with Crippen LogP contribution in [0.25, 0.3) is 0 Å². The molecule has 0 spiro atoms. The van der Waals surface area contributed by atoms with Crippen molar-refractivity contribution in [2.75, 3.05) is 0 Å². The second-order valence-corrected chi connectivity index (χ2v) is 0.874. The molecule has 6 nitrogen and oxygen atoms in total. The standard InChI is InChI=1S/2C2H2O3.Cu/c2*3-1-2(4)5;/h2*1H,(H,4,5);/q;;+2/p-2. The van der Waals surface area contributed by atoms with Gasteiger partial charge in [-0.1, -0.05) is 0 Å². The molecule has 0 N–H and O–H groups in total. The first-order valence-electron chi connectivity index (χ1n) is 1.87. The summed E-state index contributed by atoms with van der Waals surface area (Å²) in [6.45, 7) is 0. The Morgan fingerprint density at radius 3 is 1.00 bits per heavy atom. The van der Waals surface area contributed by atoms with Crippen molar-refractivity contribution in [3.05, 3.63) is 0 Å². The normalized spacial score (nSPS) is 5.82. The summed E-state index contributed by atoms with van der Waals surface area (Å²) in [5, 5.41) is 17.8. The number of carboxylic acids is 2. The topological polar surface area (TPSA) is 114 Å². The van der Waals surface area contributed by atoms with Gasteiger partial charge < -0.3 is 19.8 Å². The van der Waals surface area contributed by atoms with Crippen LogP contribution in [0.4, 0.5) is 0 Å². The van der Waals surface area contributed by atoms with Crippen molar-refractivity contribution in [3.8, 4) is 0 Å². The molecule has 0 rings (SSSR count). The van der Waals surface area contributed by atoms with Crippen LogP contribution < -0.4 is 10.2 Å². The average Bonchev–Trinajstić information content (AvgIpc) is 1.89. The van der Waals surface area contributed by atoms with Gasteiger partial charge in [0.1, 0.15) is 11.9 Å². The molecule has 0 bridgehead atoms. The van der Waals surface area contributed by atoms with E-state index < -0.39 is 11.9 Å². The number of aliphatic carboxylic acids is 2. The third kappa shape index (κ3) is 51.9. The van der Waals surface area contributed by atoms with E-state index in [0.717, 1.165) is 0 Å². The second kappa shape index (κ2) is 11.6. The number of carboxylic acid groups (broad SMARTS) is 2. The van der Waals surface area contributed by atoms with Crippen LogP contribution >= 0.6 is 0 Å². The number of carbonyl (C=O) groups excluding carboxylic acids is 4. The van der Waals surface area contributed by atoms with Gasteiger partial charge in [0.2, 0.25) is 0 Å². The SMILES string of the molecule is O=CC(=O)[O-].O=CC(=O)[O-].[Cu+2]. The van der Waals surface area contributed by atoms with Gasteiger partial charge in [-0.15, -0.1) is 0 Å². The first-order valence-corrected chi connectivity index (χ1v) is 1.87. The van der Waals surface area contributed by atoms with E-state index >= 15 is 0 Å². The molecule has 0 unspecified atom stereocenters. The Labute approximate surface area is 71.7 Å². The minimum atomic E-state index is -1.68. The molecule has 0 saturated heterocycles. The number of aldehydes is 2. The Kier molecular flexibility index (Phi) is 17.3. The van der Waals surface area contributed by atoms with E-state index in [-0.39, 0.29) is 29.6 Å². The van der Waals surface area contributed by atoms with E-state index in [9.17, 15) is 0 Å². The smallest absolute Gasteiger partial charge is 0.542 e. The third-order valence-electron chi connectivity index (χ3n) is 0.192. The summed E-state index contributed by atoms with van der Waals surface area (Å²) in [7, 11) is 0. The predicted molar refractivity (Wildman–Crippen MR) is 22.1 cm³/mol. The Morgan fingerprint density at radius 2 is 1.00 bits per heavy atom. The summed E-state index contributed by atoms with van der Waals surface area (Å²) < 4.78 is 0. The first-order chi connectivity index (χ1) is 4.54. The Hall–Kier alpha value is -1.20. The molecular formula is C4H2CuO6. The van der Waals surface area contributed by atoms with E-state index in [1.54, 1.807) is 0 Å². The average molecular weight is 210 g/mol. The maximum absolute atomic E-state index is 8.89. The predicted octanol–water partition coefficient (Wildman–Crippen LogP) is -4.13. The van der Waals surface area contributed by atoms with Crippen LogP contribution in [0.5, 0.6) is 0 Å².